The van der Waals surface area contributed by atoms with E-state index in [1.807, 2.05) is 0 Å². The summed E-state index contributed by atoms with van der Waals surface area (Å²) in [5.74, 6) is -1.18. The molecule has 0 spiro atoms. The van der Waals surface area contributed by atoms with Gasteiger partial charge in [0.1, 0.15) is 11.3 Å². The molecule has 4 N–H and O–H groups in total. The second-order valence-electron chi connectivity index (χ2n) is 4.88. The normalized spacial score (nSPS) is 10.9. The molecule has 0 bridgehead atoms. The Labute approximate surface area is 124 Å². The molecule has 0 fully saturated rings. The first kappa shape index (κ1) is 13.8. The van der Waals surface area contributed by atoms with Crippen LogP contribution in [0.2, 0.25) is 0 Å². The van der Waals surface area contributed by atoms with Gasteiger partial charge in [-0.1, -0.05) is 6.07 Å². The van der Waals surface area contributed by atoms with Crippen molar-refractivity contribution in [3.05, 3.63) is 57.9 Å². The predicted molar refractivity (Wildman–Crippen MR) is 78.4 cm³/mol. The van der Waals surface area contributed by atoms with E-state index in [1.54, 1.807) is 0 Å². The molecule has 1 aromatic heterocycles. The fourth-order valence-corrected chi connectivity index (χ4v) is 2.20. The molecule has 2 aromatic carbocycles. The minimum Gasteiger partial charge on any atom is -0.508 e. The number of hydrogen-bond acceptors (Lipinski definition) is 6. The van der Waals surface area contributed by atoms with Crippen molar-refractivity contribution in [3.63, 3.8) is 0 Å². The van der Waals surface area contributed by atoms with Crippen LogP contribution in [0.15, 0.2) is 45.6 Å². The van der Waals surface area contributed by atoms with Gasteiger partial charge in [-0.05, 0) is 35.9 Å². The molecular weight excluding hydrogens is 288 g/mol. The largest absolute Gasteiger partial charge is 0.508 e. The summed E-state index contributed by atoms with van der Waals surface area (Å²) in [5.41, 5.74) is 0.139. The van der Waals surface area contributed by atoms with Crippen LogP contribution in [-0.2, 0) is 6.42 Å². The van der Waals surface area contributed by atoms with E-state index in [-0.39, 0.29) is 40.4 Å². The summed E-state index contributed by atoms with van der Waals surface area (Å²) in [4.78, 5) is 12.1. The van der Waals surface area contributed by atoms with Crippen molar-refractivity contribution in [2.45, 2.75) is 6.42 Å². The molecule has 0 amide bonds. The van der Waals surface area contributed by atoms with E-state index in [0.717, 1.165) is 0 Å². The monoisotopic (exact) mass is 300 g/mol. The van der Waals surface area contributed by atoms with Crippen LogP contribution in [0.25, 0.3) is 11.0 Å². The first-order valence-electron chi connectivity index (χ1n) is 6.44. The van der Waals surface area contributed by atoms with Crippen LogP contribution in [0.1, 0.15) is 11.3 Å². The zero-order valence-corrected chi connectivity index (χ0v) is 11.3. The molecule has 6 heteroatoms. The van der Waals surface area contributed by atoms with E-state index in [4.69, 9.17) is 4.42 Å². The third-order valence-corrected chi connectivity index (χ3v) is 3.32. The van der Waals surface area contributed by atoms with Gasteiger partial charge in [-0.15, -0.1) is 0 Å². The van der Waals surface area contributed by atoms with Crippen molar-refractivity contribution in [3.8, 4) is 23.0 Å². The standard InChI is InChI=1S/C16H12O6/c17-9-2-4-13-10(7-9)15(20)16(21)14(22-13)6-8-1-3-11(18)12(19)5-8/h1-5,7,17-19,21H,6H2. The highest BCUT2D eigenvalue weighted by molar-refractivity contribution is 5.79. The molecule has 3 aromatic rings. The average molecular weight is 300 g/mol. The summed E-state index contributed by atoms with van der Waals surface area (Å²) in [6.07, 6.45) is 0.0612. The Morgan fingerprint density at radius 2 is 1.68 bits per heavy atom. The number of hydrogen-bond donors (Lipinski definition) is 4. The van der Waals surface area contributed by atoms with Gasteiger partial charge in [0.2, 0.25) is 11.2 Å². The lowest BCUT2D eigenvalue weighted by atomic mass is 10.1. The van der Waals surface area contributed by atoms with Crippen LogP contribution < -0.4 is 5.43 Å². The Bertz CT molecular complexity index is 926. The highest BCUT2D eigenvalue weighted by Gasteiger charge is 2.15. The summed E-state index contributed by atoms with van der Waals surface area (Å²) in [7, 11) is 0. The molecule has 0 saturated carbocycles. The van der Waals surface area contributed by atoms with Gasteiger partial charge < -0.3 is 24.8 Å². The van der Waals surface area contributed by atoms with Gasteiger partial charge >= 0.3 is 0 Å². The van der Waals surface area contributed by atoms with Crippen LogP contribution in [0.5, 0.6) is 23.0 Å². The van der Waals surface area contributed by atoms with Crippen LogP contribution >= 0.6 is 0 Å². The maximum Gasteiger partial charge on any atom is 0.234 e. The van der Waals surface area contributed by atoms with Crippen molar-refractivity contribution in [2.75, 3.05) is 0 Å². The summed E-state index contributed by atoms with van der Waals surface area (Å²) in [5, 5.41) is 38.2. The molecule has 0 aliphatic rings. The van der Waals surface area contributed by atoms with Crippen molar-refractivity contribution >= 4 is 11.0 Å². The lowest BCUT2D eigenvalue weighted by Crippen LogP contribution is -2.04. The summed E-state index contributed by atoms with van der Waals surface area (Å²) >= 11 is 0. The van der Waals surface area contributed by atoms with Gasteiger partial charge in [0.15, 0.2) is 17.3 Å². The smallest absolute Gasteiger partial charge is 0.234 e. The van der Waals surface area contributed by atoms with Gasteiger partial charge in [0.05, 0.1) is 5.39 Å². The van der Waals surface area contributed by atoms with Crippen molar-refractivity contribution in [2.24, 2.45) is 0 Å². The highest BCUT2D eigenvalue weighted by Crippen LogP contribution is 2.29. The molecule has 0 radical (unpaired) electrons. The summed E-state index contributed by atoms with van der Waals surface area (Å²) in [6.45, 7) is 0. The number of rotatable bonds is 2. The van der Waals surface area contributed by atoms with Crippen molar-refractivity contribution in [1.29, 1.82) is 0 Å². The molecule has 3 rings (SSSR count). The zero-order chi connectivity index (χ0) is 15.9. The second kappa shape index (κ2) is 5.00. The van der Waals surface area contributed by atoms with E-state index < -0.39 is 11.2 Å². The van der Waals surface area contributed by atoms with Gasteiger partial charge in [-0.25, -0.2) is 0 Å². The van der Waals surface area contributed by atoms with Gasteiger partial charge in [-0.2, -0.15) is 0 Å². The first-order valence-corrected chi connectivity index (χ1v) is 6.44. The van der Waals surface area contributed by atoms with E-state index in [0.29, 0.717) is 5.56 Å². The van der Waals surface area contributed by atoms with Crippen LogP contribution in [0.4, 0.5) is 0 Å². The minimum atomic E-state index is -0.643. The Kier molecular flexibility index (Phi) is 3.14. The third-order valence-electron chi connectivity index (χ3n) is 3.32. The van der Waals surface area contributed by atoms with Gasteiger partial charge in [-0.3, -0.25) is 4.79 Å². The number of aromatic hydroxyl groups is 4. The molecule has 1 heterocycles. The number of fused-ring (bicyclic) bond motifs is 1. The van der Waals surface area contributed by atoms with Crippen LogP contribution in [-0.4, -0.2) is 20.4 Å². The van der Waals surface area contributed by atoms with E-state index in [9.17, 15) is 25.2 Å². The fourth-order valence-electron chi connectivity index (χ4n) is 2.20. The highest BCUT2D eigenvalue weighted by atomic mass is 16.4. The number of benzene rings is 2. The number of phenolic OH excluding ortho intramolecular Hbond substituents is 3. The molecule has 112 valence electrons. The molecule has 6 nitrogen and oxygen atoms in total. The molecule has 0 unspecified atom stereocenters. The predicted octanol–water partition coefficient (Wildman–Crippen LogP) is 2.21. The topological polar surface area (TPSA) is 111 Å². The summed E-state index contributed by atoms with van der Waals surface area (Å²) < 4.78 is 5.50. The first-order chi connectivity index (χ1) is 10.5. The third kappa shape index (κ3) is 2.31. The van der Waals surface area contributed by atoms with Gasteiger partial charge in [0.25, 0.3) is 0 Å². The number of phenols is 3. The average Bonchev–Trinajstić information content (AvgIpc) is 2.49. The lowest BCUT2D eigenvalue weighted by molar-refractivity contribution is 0.402. The molecular formula is C16H12O6. The Balaban J connectivity index is 2.11. The summed E-state index contributed by atoms with van der Waals surface area (Å²) in [6, 6.07) is 8.18. The Morgan fingerprint density at radius 1 is 0.909 bits per heavy atom. The van der Waals surface area contributed by atoms with Crippen molar-refractivity contribution in [1.82, 2.24) is 0 Å². The van der Waals surface area contributed by atoms with Crippen molar-refractivity contribution < 1.29 is 24.8 Å². The van der Waals surface area contributed by atoms with Crippen LogP contribution in [0.3, 0.4) is 0 Å². The molecule has 0 aliphatic heterocycles. The Morgan fingerprint density at radius 3 is 2.41 bits per heavy atom. The quantitative estimate of drug-likeness (QED) is 0.540. The maximum absolute atomic E-state index is 12.1. The molecule has 22 heavy (non-hydrogen) atoms. The molecule has 0 atom stereocenters. The minimum absolute atomic E-state index is 0.0354. The van der Waals surface area contributed by atoms with Gasteiger partial charge in [0, 0.05) is 6.42 Å². The van der Waals surface area contributed by atoms with E-state index >= 15 is 0 Å². The van der Waals surface area contributed by atoms with E-state index in [2.05, 4.69) is 0 Å². The molecule has 0 saturated heterocycles. The molecule has 0 aliphatic carbocycles. The van der Waals surface area contributed by atoms with E-state index in [1.165, 1.54) is 36.4 Å². The van der Waals surface area contributed by atoms with Crippen LogP contribution in [0, 0.1) is 0 Å². The maximum atomic E-state index is 12.1. The second-order valence-corrected chi connectivity index (χ2v) is 4.88. The fraction of sp³-hybridized carbons (Fsp3) is 0.0625. The Hall–Kier alpha value is -3.15. The SMILES string of the molecule is O=c1c(O)c(Cc2ccc(O)c(O)c2)oc2ccc(O)cc12. The lowest BCUT2D eigenvalue weighted by Gasteiger charge is -2.07. The zero-order valence-electron chi connectivity index (χ0n) is 11.3.